The monoisotopic (exact) mass is 393 g/mol. The lowest BCUT2D eigenvalue weighted by atomic mass is 10.1. The maximum atomic E-state index is 12.9. The summed E-state index contributed by atoms with van der Waals surface area (Å²) in [4.78, 5) is 26.8. The van der Waals surface area contributed by atoms with Gasteiger partial charge in [0.25, 0.3) is 5.91 Å². The maximum absolute atomic E-state index is 12.9. The molecule has 0 bridgehead atoms. The SMILES string of the molecule is N#Cc1ccccc1/C=C/C(=O)Nc1ccc(C(=O)N2CCc3ccccc32)cc1. The van der Waals surface area contributed by atoms with Crippen LogP contribution in [-0.4, -0.2) is 18.4 Å². The first-order valence-electron chi connectivity index (χ1n) is 9.64. The molecule has 0 atom stereocenters. The van der Waals surface area contributed by atoms with Crippen molar-refractivity contribution in [1.29, 1.82) is 5.26 Å². The highest BCUT2D eigenvalue weighted by Crippen LogP contribution is 2.29. The molecule has 0 saturated carbocycles. The van der Waals surface area contributed by atoms with Gasteiger partial charge in [0.15, 0.2) is 0 Å². The van der Waals surface area contributed by atoms with Crippen LogP contribution in [0.4, 0.5) is 11.4 Å². The number of carbonyl (C=O) groups excluding carboxylic acids is 2. The van der Waals surface area contributed by atoms with E-state index in [-0.39, 0.29) is 11.8 Å². The normalized spacial score (nSPS) is 12.4. The van der Waals surface area contributed by atoms with Crippen molar-refractivity contribution in [3.8, 4) is 6.07 Å². The molecule has 1 aliphatic rings. The number of nitrogens with one attached hydrogen (secondary N) is 1. The van der Waals surface area contributed by atoms with E-state index >= 15 is 0 Å². The molecule has 0 fully saturated rings. The average Bonchev–Trinajstić information content (AvgIpc) is 3.22. The molecule has 0 aromatic heterocycles. The molecule has 1 aliphatic heterocycles. The minimum atomic E-state index is -0.310. The summed E-state index contributed by atoms with van der Waals surface area (Å²) in [5.41, 5.74) is 4.50. The van der Waals surface area contributed by atoms with Gasteiger partial charge in [-0.05, 0) is 60.0 Å². The molecular formula is C25H19N3O2. The third-order valence-electron chi connectivity index (χ3n) is 5.03. The van der Waals surface area contributed by atoms with Crippen LogP contribution in [-0.2, 0) is 11.2 Å². The highest BCUT2D eigenvalue weighted by molar-refractivity contribution is 6.08. The minimum absolute atomic E-state index is 0.0502. The molecule has 146 valence electrons. The first-order chi connectivity index (χ1) is 14.7. The number of hydrogen-bond acceptors (Lipinski definition) is 3. The Morgan fingerprint density at radius 2 is 1.70 bits per heavy atom. The average molecular weight is 393 g/mol. The zero-order valence-corrected chi connectivity index (χ0v) is 16.2. The first kappa shape index (κ1) is 19.2. The third-order valence-corrected chi connectivity index (χ3v) is 5.03. The molecule has 0 aliphatic carbocycles. The number of benzene rings is 3. The summed E-state index contributed by atoms with van der Waals surface area (Å²) in [5, 5.41) is 11.9. The molecule has 5 nitrogen and oxygen atoms in total. The summed E-state index contributed by atoms with van der Waals surface area (Å²) < 4.78 is 0. The lowest BCUT2D eigenvalue weighted by Gasteiger charge is -2.17. The van der Waals surface area contributed by atoms with Crippen molar-refractivity contribution in [3.63, 3.8) is 0 Å². The lowest BCUT2D eigenvalue weighted by molar-refractivity contribution is -0.111. The summed E-state index contributed by atoms with van der Waals surface area (Å²) in [7, 11) is 0. The Morgan fingerprint density at radius 1 is 0.967 bits per heavy atom. The number of nitriles is 1. The second-order valence-corrected chi connectivity index (χ2v) is 6.93. The topological polar surface area (TPSA) is 73.2 Å². The van der Waals surface area contributed by atoms with Gasteiger partial charge in [0.05, 0.1) is 11.6 Å². The van der Waals surface area contributed by atoms with Crippen LogP contribution in [0.15, 0.2) is 78.9 Å². The zero-order valence-electron chi connectivity index (χ0n) is 16.2. The first-order valence-corrected chi connectivity index (χ1v) is 9.64. The van der Waals surface area contributed by atoms with Crippen LogP contribution in [0.2, 0.25) is 0 Å². The largest absolute Gasteiger partial charge is 0.323 e. The molecule has 1 N–H and O–H groups in total. The molecule has 0 saturated heterocycles. The fraction of sp³-hybridized carbons (Fsp3) is 0.0800. The van der Waals surface area contributed by atoms with Gasteiger partial charge < -0.3 is 10.2 Å². The molecule has 4 rings (SSSR count). The number of nitrogens with zero attached hydrogens (tertiary/aromatic N) is 2. The van der Waals surface area contributed by atoms with Crippen molar-refractivity contribution < 1.29 is 9.59 Å². The minimum Gasteiger partial charge on any atom is -0.323 e. The molecule has 0 spiro atoms. The molecule has 0 unspecified atom stereocenters. The Balaban J connectivity index is 1.42. The Hall–Kier alpha value is -4.17. The highest BCUT2D eigenvalue weighted by atomic mass is 16.2. The van der Waals surface area contributed by atoms with Crippen molar-refractivity contribution in [1.82, 2.24) is 0 Å². The Morgan fingerprint density at radius 3 is 2.50 bits per heavy atom. The van der Waals surface area contributed by atoms with Gasteiger partial charge in [-0.1, -0.05) is 36.4 Å². The Kier molecular flexibility index (Phi) is 5.40. The van der Waals surface area contributed by atoms with E-state index in [4.69, 9.17) is 5.26 Å². The van der Waals surface area contributed by atoms with E-state index in [1.807, 2.05) is 30.3 Å². The number of fused-ring (bicyclic) bond motifs is 1. The van der Waals surface area contributed by atoms with Crippen LogP contribution in [0.3, 0.4) is 0 Å². The standard InChI is InChI=1S/C25H19N3O2/c26-17-21-7-2-1-5-18(21)11-14-24(29)27-22-12-9-20(10-13-22)25(30)28-16-15-19-6-3-4-8-23(19)28/h1-14H,15-16H2,(H,27,29)/b14-11+. The molecule has 1 heterocycles. The fourth-order valence-corrected chi connectivity index (χ4v) is 3.49. The molecule has 2 amide bonds. The van der Waals surface area contributed by atoms with Crippen molar-refractivity contribution in [2.45, 2.75) is 6.42 Å². The van der Waals surface area contributed by atoms with Gasteiger partial charge in [-0.25, -0.2) is 0 Å². The third kappa shape index (κ3) is 3.98. The predicted octanol–water partition coefficient (Wildman–Crippen LogP) is 4.41. The van der Waals surface area contributed by atoms with Crippen molar-refractivity contribution in [2.24, 2.45) is 0 Å². The number of para-hydroxylation sites is 1. The van der Waals surface area contributed by atoms with Crippen LogP contribution in [0, 0.1) is 11.3 Å². The van der Waals surface area contributed by atoms with Gasteiger partial charge in [-0.15, -0.1) is 0 Å². The van der Waals surface area contributed by atoms with Crippen LogP contribution >= 0.6 is 0 Å². The summed E-state index contributed by atoms with van der Waals surface area (Å²) in [6.07, 6.45) is 3.85. The van der Waals surface area contributed by atoms with Gasteiger partial charge in [0.1, 0.15) is 0 Å². The predicted molar refractivity (Wildman–Crippen MR) is 117 cm³/mol. The molecule has 3 aromatic rings. The van der Waals surface area contributed by atoms with E-state index in [2.05, 4.69) is 11.4 Å². The second-order valence-electron chi connectivity index (χ2n) is 6.93. The molecular weight excluding hydrogens is 374 g/mol. The molecule has 30 heavy (non-hydrogen) atoms. The van der Waals surface area contributed by atoms with Crippen molar-refractivity contribution in [2.75, 3.05) is 16.8 Å². The van der Waals surface area contributed by atoms with Crippen LogP contribution in [0.25, 0.3) is 6.08 Å². The van der Waals surface area contributed by atoms with Crippen LogP contribution in [0.1, 0.15) is 27.0 Å². The maximum Gasteiger partial charge on any atom is 0.258 e. The van der Waals surface area contributed by atoms with Gasteiger partial charge in [-0.3, -0.25) is 9.59 Å². The fourth-order valence-electron chi connectivity index (χ4n) is 3.49. The number of anilines is 2. The van der Waals surface area contributed by atoms with E-state index in [0.717, 1.165) is 12.1 Å². The van der Waals surface area contributed by atoms with Gasteiger partial charge in [-0.2, -0.15) is 5.26 Å². The van der Waals surface area contributed by atoms with Gasteiger partial charge in [0.2, 0.25) is 5.91 Å². The number of amides is 2. The van der Waals surface area contributed by atoms with E-state index < -0.39 is 0 Å². The highest BCUT2D eigenvalue weighted by Gasteiger charge is 2.24. The van der Waals surface area contributed by atoms with E-state index in [1.165, 1.54) is 11.6 Å². The number of carbonyl (C=O) groups is 2. The van der Waals surface area contributed by atoms with E-state index in [0.29, 0.717) is 28.9 Å². The molecule has 3 aromatic carbocycles. The summed E-state index contributed by atoms with van der Waals surface area (Å²) >= 11 is 0. The van der Waals surface area contributed by atoms with Gasteiger partial charge in [0, 0.05) is 29.6 Å². The number of rotatable bonds is 4. The van der Waals surface area contributed by atoms with Crippen molar-refractivity contribution in [3.05, 3.63) is 101 Å². The van der Waals surface area contributed by atoms with Crippen LogP contribution < -0.4 is 10.2 Å². The number of hydrogen-bond donors (Lipinski definition) is 1. The second kappa shape index (κ2) is 8.46. The zero-order chi connectivity index (χ0) is 20.9. The molecule has 5 heteroatoms. The Bertz CT molecular complexity index is 1170. The van der Waals surface area contributed by atoms with Crippen LogP contribution in [0.5, 0.6) is 0 Å². The smallest absolute Gasteiger partial charge is 0.258 e. The Labute approximate surface area is 174 Å². The summed E-state index contributed by atoms with van der Waals surface area (Å²) in [5.74, 6) is -0.360. The summed E-state index contributed by atoms with van der Waals surface area (Å²) in [6.45, 7) is 0.672. The summed E-state index contributed by atoms with van der Waals surface area (Å²) in [6, 6.07) is 23.9. The van der Waals surface area contributed by atoms with E-state index in [9.17, 15) is 9.59 Å². The van der Waals surface area contributed by atoms with Crippen molar-refractivity contribution >= 4 is 29.3 Å². The lowest BCUT2D eigenvalue weighted by Crippen LogP contribution is -2.28. The molecule has 0 radical (unpaired) electrons. The quantitative estimate of drug-likeness (QED) is 0.667. The van der Waals surface area contributed by atoms with Gasteiger partial charge >= 0.3 is 0 Å². The van der Waals surface area contributed by atoms with E-state index in [1.54, 1.807) is 53.4 Å².